The van der Waals surface area contributed by atoms with Crippen LogP contribution >= 0.6 is 0 Å². The fourth-order valence-electron chi connectivity index (χ4n) is 6.30. The number of aliphatic hydroxyl groups is 1. The molecule has 218 valence electrons. The Kier molecular flexibility index (Phi) is 6.77. The number of rotatable bonds is 8. The number of aromatic nitrogens is 2. The molecule has 0 saturated carbocycles. The summed E-state index contributed by atoms with van der Waals surface area (Å²) in [5.74, 6) is -3.03. The lowest BCUT2D eigenvalue weighted by molar-refractivity contribution is -0.671. The molecular formula is C30H32N5O6S+. The van der Waals surface area contributed by atoms with E-state index in [1.165, 1.54) is 11.8 Å². The number of carboxylic acid groups (broad SMARTS) is 1. The topological polar surface area (TPSA) is 136 Å². The number of hydrogen-bond donors (Lipinski definition) is 2. The summed E-state index contributed by atoms with van der Waals surface area (Å²) in [5, 5.41) is 24.9. The summed E-state index contributed by atoms with van der Waals surface area (Å²) >= 11 is 0. The fourth-order valence-corrected chi connectivity index (χ4v) is 7.69. The van der Waals surface area contributed by atoms with Crippen LogP contribution in [0.25, 0.3) is 0 Å². The van der Waals surface area contributed by atoms with Crippen molar-refractivity contribution in [3.8, 4) is 0 Å². The van der Waals surface area contributed by atoms with E-state index in [9.17, 15) is 28.2 Å². The van der Waals surface area contributed by atoms with Crippen LogP contribution in [0.5, 0.6) is 0 Å². The van der Waals surface area contributed by atoms with Crippen LogP contribution < -0.4 is 4.57 Å². The average Bonchev–Trinajstić information content (AvgIpc) is 3.47. The highest BCUT2D eigenvalue weighted by Crippen LogP contribution is 2.47. The van der Waals surface area contributed by atoms with Gasteiger partial charge in [0.15, 0.2) is 0 Å². The minimum absolute atomic E-state index is 0.0804. The number of carboxylic acids is 1. The second-order valence-electron chi connectivity index (χ2n) is 11.1. The number of carbonyl (C=O) groups excluding carboxylic acids is 1. The van der Waals surface area contributed by atoms with Gasteiger partial charge in [-0.1, -0.05) is 43.3 Å². The summed E-state index contributed by atoms with van der Waals surface area (Å²) < 4.78 is 32.9. The van der Waals surface area contributed by atoms with Gasteiger partial charge in [0.25, 0.3) is 10.0 Å². The number of β-lactam (4-membered cyclic amide) rings is 1. The molecule has 3 aromatic rings. The van der Waals surface area contributed by atoms with Gasteiger partial charge in [-0.25, -0.2) is 13.9 Å². The van der Waals surface area contributed by atoms with Crippen molar-refractivity contribution in [1.29, 1.82) is 0 Å². The van der Waals surface area contributed by atoms with Gasteiger partial charge in [0, 0.05) is 23.5 Å². The maximum absolute atomic E-state index is 14.0. The zero-order valence-electron chi connectivity index (χ0n) is 23.5. The quantitative estimate of drug-likeness (QED) is 0.302. The lowest BCUT2D eigenvalue weighted by atomic mass is 9.78. The first kappa shape index (κ1) is 27.9. The van der Waals surface area contributed by atoms with E-state index in [1.54, 1.807) is 19.1 Å². The average molecular weight is 591 g/mol. The van der Waals surface area contributed by atoms with Gasteiger partial charge in [-0.15, -0.1) is 0 Å². The Morgan fingerprint density at radius 3 is 2.55 bits per heavy atom. The number of sulfonamides is 1. The third-order valence-electron chi connectivity index (χ3n) is 8.42. The van der Waals surface area contributed by atoms with E-state index in [-0.39, 0.29) is 22.7 Å². The van der Waals surface area contributed by atoms with Crippen molar-refractivity contribution in [3.05, 3.63) is 95.2 Å². The van der Waals surface area contributed by atoms with Crippen molar-refractivity contribution in [2.75, 3.05) is 6.54 Å². The summed E-state index contributed by atoms with van der Waals surface area (Å²) in [5.41, 5.74) is 2.65. The van der Waals surface area contributed by atoms with Gasteiger partial charge in [-0.05, 0) is 30.2 Å². The molecule has 0 bridgehead atoms. The molecule has 12 heteroatoms. The number of fused-ring (bicyclic) bond motifs is 2. The Bertz CT molecular complexity index is 1760. The van der Waals surface area contributed by atoms with Crippen LogP contribution in [0.15, 0.2) is 88.5 Å². The van der Waals surface area contributed by atoms with Crippen LogP contribution in [-0.2, 0) is 39.6 Å². The summed E-state index contributed by atoms with van der Waals surface area (Å²) in [7, 11) is -2.22. The normalized spacial score (nSPS) is 23.3. The van der Waals surface area contributed by atoms with E-state index < -0.39 is 45.9 Å². The lowest BCUT2D eigenvalue weighted by Crippen LogP contribution is -2.63. The van der Waals surface area contributed by atoms with Crippen molar-refractivity contribution in [3.63, 3.8) is 0 Å². The number of amides is 1. The Balaban J connectivity index is 1.40. The Morgan fingerprint density at radius 2 is 1.90 bits per heavy atom. The van der Waals surface area contributed by atoms with E-state index in [0.29, 0.717) is 29.8 Å². The third kappa shape index (κ3) is 4.42. The van der Waals surface area contributed by atoms with E-state index in [4.69, 9.17) is 0 Å². The molecule has 1 fully saturated rings. The van der Waals surface area contributed by atoms with Crippen LogP contribution in [0.1, 0.15) is 30.5 Å². The zero-order chi connectivity index (χ0) is 29.9. The Labute approximate surface area is 243 Å². The number of benzene rings is 2. The Morgan fingerprint density at radius 1 is 1.17 bits per heavy atom. The molecule has 1 amide bonds. The minimum Gasteiger partial charge on any atom is -0.477 e. The lowest BCUT2D eigenvalue weighted by Gasteiger charge is -2.46. The van der Waals surface area contributed by atoms with E-state index in [1.807, 2.05) is 66.7 Å². The van der Waals surface area contributed by atoms with Crippen molar-refractivity contribution in [2.45, 2.75) is 43.9 Å². The van der Waals surface area contributed by atoms with Crippen molar-refractivity contribution < 1.29 is 32.8 Å². The molecule has 0 unspecified atom stereocenters. The van der Waals surface area contributed by atoms with Crippen LogP contribution in [0.2, 0.25) is 0 Å². The number of hydrazone groups is 1. The highest BCUT2D eigenvalue weighted by molar-refractivity contribution is 7.89. The first-order valence-corrected chi connectivity index (χ1v) is 15.2. The van der Waals surface area contributed by atoms with Gasteiger partial charge in [0.1, 0.15) is 23.8 Å². The molecular weight excluding hydrogens is 558 g/mol. The van der Waals surface area contributed by atoms with Crippen LogP contribution in [0.3, 0.4) is 0 Å². The summed E-state index contributed by atoms with van der Waals surface area (Å²) in [6, 6.07) is 13.9. The first-order valence-electron chi connectivity index (χ1n) is 13.8. The first-order chi connectivity index (χ1) is 20.0. The molecule has 2 aromatic carbocycles. The number of imidazole rings is 1. The molecule has 42 heavy (non-hydrogen) atoms. The molecule has 0 radical (unpaired) electrons. The van der Waals surface area contributed by atoms with E-state index in [2.05, 4.69) is 9.67 Å². The SMILES string of the molecule is C[C@@H](O)[C@H]1C(=O)N2C(C(=O)O)=C(CN3N=C(c4ccccc4)c4cc(CCn5cc[n+](C)c5)ccc4S3(=O)=O)[C@H](C)[C@H]12. The summed E-state index contributed by atoms with van der Waals surface area (Å²) in [4.78, 5) is 26.4. The smallest absolute Gasteiger partial charge is 0.352 e. The molecule has 4 atom stereocenters. The number of aryl methyl sites for hydroxylation is 3. The molecule has 0 spiro atoms. The van der Waals surface area contributed by atoms with Crippen molar-refractivity contribution in [1.82, 2.24) is 13.9 Å². The highest BCUT2D eigenvalue weighted by atomic mass is 32.2. The van der Waals surface area contributed by atoms with Gasteiger partial charge in [-0.2, -0.15) is 17.9 Å². The van der Waals surface area contributed by atoms with Crippen molar-refractivity contribution >= 4 is 27.6 Å². The number of hydrogen-bond acceptors (Lipinski definition) is 6. The third-order valence-corrected chi connectivity index (χ3v) is 10.1. The summed E-state index contributed by atoms with van der Waals surface area (Å²) in [6.07, 6.45) is 5.62. The molecule has 2 N–H and O–H groups in total. The molecule has 3 aliphatic heterocycles. The predicted molar refractivity (Wildman–Crippen MR) is 151 cm³/mol. The number of nitrogens with zero attached hydrogens (tertiary/aromatic N) is 5. The summed E-state index contributed by atoms with van der Waals surface area (Å²) in [6.45, 7) is 3.64. The largest absolute Gasteiger partial charge is 0.477 e. The van der Waals surface area contributed by atoms with Gasteiger partial charge < -0.3 is 15.1 Å². The van der Waals surface area contributed by atoms with E-state index >= 15 is 0 Å². The molecule has 4 heterocycles. The van der Waals surface area contributed by atoms with Gasteiger partial charge in [-0.3, -0.25) is 4.79 Å². The molecule has 1 aromatic heterocycles. The zero-order valence-corrected chi connectivity index (χ0v) is 24.3. The predicted octanol–water partition coefficient (Wildman–Crippen LogP) is 1.51. The van der Waals surface area contributed by atoms with Crippen LogP contribution in [0, 0.1) is 11.8 Å². The monoisotopic (exact) mass is 590 g/mol. The van der Waals surface area contributed by atoms with Gasteiger partial charge in [0.2, 0.25) is 12.2 Å². The van der Waals surface area contributed by atoms with Crippen molar-refractivity contribution in [2.24, 2.45) is 24.0 Å². The van der Waals surface area contributed by atoms with Crippen LogP contribution in [-0.4, -0.2) is 68.8 Å². The molecule has 1 saturated heterocycles. The number of aliphatic carboxylic acids is 1. The second kappa shape index (κ2) is 10.2. The molecule has 0 aliphatic carbocycles. The van der Waals surface area contributed by atoms with E-state index in [0.717, 1.165) is 9.98 Å². The second-order valence-corrected chi connectivity index (χ2v) is 12.9. The number of aliphatic hydroxyl groups excluding tert-OH is 1. The van der Waals surface area contributed by atoms with Gasteiger partial charge >= 0.3 is 5.97 Å². The Hall–Kier alpha value is -4.29. The van der Waals surface area contributed by atoms with Gasteiger partial charge in [0.05, 0.1) is 43.1 Å². The maximum Gasteiger partial charge on any atom is 0.352 e. The molecule has 3 aliphatic rings. The standard InChI is InChI=1S/C30H31N5O6S/c1-18-23(28(30(38)39)35-27(18)25(19(2)36)29(35)37)16-34-31-26(21-7-5-4-6-8-21)22-15-20(9-10-24(22)42(34,40)41)11-12-33-14-13-32(3)17-33/h4-10,13-15,17-19,25,27,36H,11-12,16H2,1-3H3/p+1/t18-,19+,25+,27+/m0/s1. The maximum atomic E-state index is 14.0. The molecule has 11 nitrogen and oxygen atoms in total. The molecule has 6 rings (SSSR count). The van der Waals surface area contributed by atoms with Crippen LogP contribution in [0.4, 0.5) is 0 Å². The highest BCUT2D eigenvalue weighted by Gasteiger charge is 2.60. The minimum atomic E-state index is -4.16. The number of carbonyl (C=O) groups is 2. The fraction of sp³-hybridized carbons (Fsp3) is 0.333.